The van der Waals surface area contributed by atoms with Crippen molar-refractivity contribution < 1.29 is 14.3 Å². The van der Waals surface area contributed by atoms with Gasteiger partial charge in [0.25, 0.3) is 5.91 Å². The number of ether oxygens (including phenoxy) is 2. The van der Waals surface area contributed by atoms with Crippen molar-refractivity contribution in [1.29, 1.82) is 0 Å². The summed E-state index contributed by atoms with van der Waals surface area (Å²) in [6.45, 7) is 4.08. The van der Waals surface area contributed by atoms with Gasteiger partial charge in [-0.15, -0.1) is 0 Å². The summed E-state index contributed by atoms with van der Waals surface area (Å²) in [7, 11) is 0. The molecule has 2 aliphatic rings. The lowest BCUT2D eigenvalue weighted by Crippen LogP contribution is -2.38. The van der Waals surface area contributed by atoms with Crippen molar-refractivity contribution in [1.82, 2.24) is 4.90 Å². The molecule has 1 atom stereocenters. The number of carbonyl (C=O) groups is 1. The van der Waals surface area contributed by atoms with Gasteiger partial charge in [0.2, 0.25) is 0 Å². The van der Waals surface area contributed by atoms with Gasteiger partial charge in [-0.1, -0.05) is 17.7 Å². The summed E-state index contributed by atoms with van der Waals surface area (Å²) in [6.07, 6.45) is 1.69. The van der Waals surface area contributed by atoms with E-state index in [1.54, 1.807) is 12.1 Å². The number of fused-ring (bicyclic) bond motifs is 2. The van der Waals surface area contributed by atoms with E-state index in [9.17, 15) is 4.79 Å². The molecule has 0 N–H and O–H groups in total. The van der Waals surface area contributed by atoms with Crippen LogP contribution in [0.2, 0.25) is 5.02 Å². The third kappa shape index (κ3) is 3.07. The number of rotatable bonds is 1. The van der Waals surface area contributed by atoms with Gasteiger partial charge >= 0.3 is 0 Å². The summed E-state index contributed by atoms with van der Waals surface area (Å²) in [5, 5.41) is 0.576. The van der Waals surface area contributed by atoms with Crippen LogP contribution in [-0.4, -0.2) is 30.6 Å². The van der Waals surface area contributed by atoms with Gasteiger partial charge in [-0.05, 0) is 54.8 Å². The molecule has 4 nitrogen and oxygen atoms in total. The molecule has 1 amide bonds. The number of carbonyl (C=O) groups excluding carboxylic acids is 1. The molecule has 0 radical (unpaired) electrons. The monoisotopic (exact) mass is 357 g/mol. The van der Waals surface area contributed by atoms with Crippen LogP contribution in [0.5, 0.6) is 11.5 Å². The van der Waals surface area contributed by atoms with E-state index in [2.05, 4.69) is 13.0 Å². The van der Waals surface area contributed by atoms with E-state index in [0.717, 1.165) is 29.9 Å². The van der Waals surface area contributed by atoms with E-state index in [1.165, 1.54) is 5.56 Å². The molecule has 0 bridgehead atoms. The fourth-order valence-electron chi connectivity index (χ4n) is 3.54. The van der Waals surface area contributed by atoms with Gasteiger partial charge in [0.15, 0.2) is 11.5 Å². The molecule has 0 aliphatic carbocycles. The maximum absolute atomic E-state index is 12.9. The number of hydrogen-bond acceptors (Lipinski definition) is 3. The van der Waals surface area contributed by atoms with Gasteiger partial charge < -0.3 is 14.4 Å². The van der Waals surface area contributed by atoms with Crippen molar-refractivity contribution >= 4 is 17.5 Å². The van der Waals surface area contributed by atoms with E-state index in [4.69, 9.17) is 21.1 Å². The molecule has 2 aromatic carbocycles. The molecule has 0 aromatic heterocycles. The van der Waals surface area contributed by atoms with E-state index in [-0.39, 0.29) is 11.9 Å². The first-order valence-electron chi connectivity index (χ1n) is 8.62. The van der Waals surface area contributed by atoms with Crippen LogP contribution in [0.15, 0.2) is 36.4 Å². The number of halogens is 1. The quantitative estimate of drug-likeness (QED) is 0.765. The van der Waals surface area contributed by atoms with Gasteiger partial charge in [0.1, 0.15) is 0 Å². The van der Waals surface area contributed by atoms with Crippen LogP contribution < -0.4 is 9.47 Å². The Labute approximate surface area is 152 Å². The standard InChI is InChI=1S/C20H20ClNO3/c1-13-17-12-19-18(24-8-3-9-25-19)11-14(17)6-7-22(13)20(23)15-4-2-5-16(21)10-15/h2,4-5,10-13H,3,6-9H2,1H3/t13-/m1/s1. The molecule has 0 spiro atoms. The van der Waals surface area contributed by atoms with E-state index in [1.807, 2.05) is 23.1 Å². The van der Waals surface area contributed by atoms with Crippen LogP contribution in [0.25, 0.3) is 0 Å². The summed E-state index contributed by atoms with van der Waals surface area (Å²) >= 11 is 6.04. The Hall–Kier alpha value is -2.20. The summed E-state index contributed by atoms with van der Waals surface area (Å²) in [6, 6.07) is 11.2. The second-order valence-electron chi connectivity index (χ2n) is 6.48. The van der Waals surface area contributed by atoms with Crippen LogP contribution in [0.3, 0.4) is 0 Å². The number of amides is 1. The van der Waals surface area contributed by atoms with Crippen LogP contribution in [0, 0.1) is 0 Å². The predicted molar refractivity (Wildman–Crippen MR) is 96.7 cm³/mol. The maximum Gasteiger partial charge on any atom is 0.254 e. The first-order chi connectivity index (χ1) is 12.1. The zero-order valence-electron chi connectivity index (χ0n) is 14.1. The van der Waals surface area contributed by atoms with Crippen LogP contribution in [0.4, 0.5) is 0 Å². The Morgan fingerprint density at radius 2 is 1.92 bits per heavy atom. The first kappa shape index (κ1) is 16.3. The summed E-state index contributed by atoms with van der Waals surface area (Å²) in [5.41, 5.74) is 2.98. The second kappa shape index (κ2) is 6.60. The van der Waals surface area contributed by atoms with Gasteiger partial charge in [0.05, 0.1) is 19.3 Å². The molecule has 0 fully saturated rings. The van der Waals surface area contributed by atoms with Crippen molar-refractivity contribution in [3.05, 3.63) is 58.1 Å². The highest BCUT2D eigenvalue weighted by Gasteiger charge is 2.30. The van der Waals surface area contributed by atoms with Gasteiger partial charge in [-0.3, -0.25) is 4.79 Å². The largest absolute Gasteiger partial charge is 0.490 e. The average molecular weight is 358 g/mol. The number of benzene rings is 2. The highest BCUT2D eigenvalue weighted by molar-refractivity contribution is 6.30. The predicted octanol–water partition coefficient (Wildman–Crippen LogP) is 4.26. The van der Waals surface area contributed by atoms with Crippen LogP contribution >= 0.6 is 11.6 Å². The fourth-order valence-corrected chi connectivity index (χ4v) is 3.73. The van der Waals surface area contributed by atoms with Gasteiger partial charge in [0, 0.05) is 23.6 Å². The molecule has 2 heterocycles. The third-order valence-electron chi connectivity index (χ3n) is 4.88. The van der Waals surface area contributed by atoms with Crippen molar-refractivity contribution in [2.24, 2.45) is 0 Å². The fraction of sp³-hybridized carbons (Fsp3) is 0.350. The normalized spacial score (nSPS) is 19.1. The number of hydrogen-bond donors (Lipinski definition) is 0. The van der Waals surface area contributed by atoms with Gasteiger partial charge in [-0.25, -0.2) is 0 Å². The van der Waals surface area contributed by atoms with E-state index < -0.39 is 0 Å². The lowest BCUT2D eigenvalue weighted by Gasteiger charge is -2.36. The molecule has 0 saturated heterocycles. The van der Waals surface area contributed by atoms with Crippen molar-refractivity contribution in [2.45, 2.75) is 25.8 Å². The maximum atomic E-state index is 12.9. The summed E-state index contributed by atoms with van der Waals surface area (Å²) in [5.74, 6) is 1.60. The lowest BCUT2D eigenvalue weighted by atomic mass is 9.92. The number of nitrogens with zero attached hydrogens (tertiary/aromatic N) is 1. The van der Waals surface area contributed by atoms with Crippen LogP contribution in [-0.2, 0) is 6.42 Å². The Morgan fingerprint density at radius 1 is 1.16 bits per heavy atom. The highest BCUT2D eigenvalue weighted by Crippen LogP contribution is 2.39. The van der Waals surface area contributed by atoms with Crippen LogP contribution in [0.1, 0.15) is 40.9 Å². The Bertz CT molecular complexity index is 821. The molecule has 0 unspecified atom stereocenters. The topological polar surface area (TPSA) is 38.8 Å². The Kier molecular flexibility index (Phi) is 4.30. The average Bonchev–Trinajstić information content (AvgIpc) is 2.85. The molecule has 5 heteroatoms. The molecule has 2 aliphatic heterocycles. The van der Waals surface area contributed by atoms with E-state index >= 15 is 0 Å². The summed E-state index contributed by atoms with van der Waals surface area (Å²) in [4.78, 5) is 14.8. The molecule has 25 heavy (non-hydrogen) atoms. The van der Waals surface area contributed by atoms with Crippen molar-refractivity contribution in [3.63, 3.8) is 0 Å². The Morgan fingerprint density at radius 3 is 2.68 bits per heavy atom. The first-order valence-corrected chi connectivity index (χ1v) is 9.00. The SMILES string of the molecule is C[C@@H]1c2cc3c(cc2CCN1C(=O)c1cccc(Cl)c1)OCCCO3. The zero-order valence-corrected chi connectivity index (χ0v) is 14.9. The summed E-state index contributed by atoms with van der Waals surface area (Å²) < 4.78 is 11.6. The molecule has 130 valence electrons. The van der Waals surface area contributed by atoms with Crippen molar-refractivity contribution in [2.75, 3.05) is 19.8 Å². The Balaban J connectivity index is 1.65. The minimum atomic E-state index is -0.0209. The van der Waals surface area contributed by atoms with Crippen molar-refractivity contribution in [3.8, 4) is 11.5 Å². The minimum Gasteiger partial charge on any atom is -0.490 e. The smallest absolute Gasteiger partial charge is 0.254 e. The zero-order chi connectivity index (χ0) is 17.4. The van der Waals surface area contributed by atoms with Gasteiger partial charge in [-0.2, -0.15) is 0 Å². The highest BCUT2D eigenvalue weighted by atomic mass is 35.5. The lowest BCUT2D eigenvalue weighted by molar-refractivity contribution is 0.0677. The van der Waals surface area contributed by atoms with E-state index in [0.29, 0.717) is 30.3 Å². The molecule has 4 rings (SSSR count). The minimum absolute atomic E-state index is 0.00719. The molecular weight excluding hydrogens is 338 g/mol. The second-order valence-corrected chi connectivity index (χ2v) is 6.92. The molecule has 2 aromatic rings. The molecule has 0 saturated carbocycles. The molecular formula is C20H20ClNO3. The third-order valence-corrected chi connectivity index (χ3v) is 5.12.